The van der Waals surface area contributed by atoms with Crippen molar-refractivity contribution in [2.45, 2.75) is 45.1 Å². The van der Waals surface area contributed by atoms with Crippen LogP contribution >= 0.6 is 11.3 Å². The molecule has 1 aromatic heterocycles. The number of carbonyl (C=O) groups is 1. The molecular weight excluding hydrogens is 284 g/mol. The molecule has 1 aromatic rings. The summed E-state index contributed by atoms with van der Waals surface area (Å²) in [6, 6.07) is 0.357. The lowest BCUT2D eigenvalue weighted by Gasteiger charge is -2.17. The first-order valence-corrected chi connectivity index (χ1v) is 8.70. The number of nitrogen functional groups attached to an aromatic ring is 1. The van der Waals surface area contributed by atoms with E-state index in [9.17, 15) is 4.79 Å². The summed E-state index contributed by atoms with van der Waals surface area (Å²) >= 11 is 1.40. The quantitative estimate of drug-likeness (QED) is 0.812. The third kappa shape index (κ3) is 3.31. The Morgan fingerprint density at radius 1 is 1.43 bits per heavy atom. The van der Waals surface area contributed by atoms with Gasteiger partial charge in [0.05, 0.1) is 0 Å². The molecule has 6 heteroatoms. The maximum atomic E-state index is 12.5. The van der Waals surface area contributed by atoms with Crippen molar-refractivity contribution in [2.75, 3.05) is 24.2 Å². The van der Waals surface area contributed by atoms with Crippen LogP contribution in [0.1, 0.15) is 48.7 Å². The Bertz CT molecular complexity index is 510. The third-order valence-electron chi connectivity index (χ3n) is 4.29. The SMILES string of the molecule is CCCN(C)c1nc(N)c(C(=O)NC(C2CC2)C2CC2)s1. The van der Waals surface area contributed by atoms with Crippen LogP contribution in [0.15, 0.2) is 0 Å². The predicted octanol–water partition coefficient (Wildman–Crippen LogP) is 2.49. The zero-order valence-electron chi connectivity index (χ0n) is 12.8. The van der Waals surface area contributed by atoms with E-state index in [1.807, 2.05) is 7.05 Å². The topological polar surface area (TPSA) is 71.2 Å². The van der Waals surface area contributed by atoms with Crippen LogP contribution in [0.3, 0.4) is 0 Å². The van der Waals surface area contributed by atoms with Crippen LogP contribution in [0.2, 0.25) is 0 Å². The molecular formula is C15H24N4OS. The lowest BCUT2D eigenvalue weighted by atomic mass is 10.1. The van der Waals surface area contributed by atoms with Crippen molar-refractivity contribution in [1.82, 2.24) is 10.3 Å². The first-order valence-electron chi connectivity index (χ1n) is 7.88. The Balaban J connectivity index is 1.68. The molecule has 0 aliphatic heterocycles. The predicted molar refractivity (Wildman–Crippen MR) is 86.8 cm³/mol. The molecule has 2 aliphatic carbocycles. The van der Waals surface area contributed by atoms with Gasteiger partial charge in [-0.15, -0.1) is 0 Å². The van der Waals surface area contributed by atoms with E-state index in [1.54, 1.807) is 0 Å². The second-order valence-corrected chi connectivity index (χ2v) is 7.28. The van der Waals surface area contributed by atoms with Crippen molar-refractivity contribution in [1.29, 1.82) is 0 Å². The summed E-state index contributed by atoms with van der Waals surface area (Å²) in [5, 5.41) is 4.04. The molecule has 0 atom stereocenters. The second-order valence-electron chi connectivity index (χ2n) is 6.31. The molecule has 0 bridgehead atoms. The largest absolute Gasteiger partial charge is 0.382 e. The number of nitrogens with zero attached hydrogens (tertiary/aromatic N) is 2. The summed E-state index contributed by atoms with van der Waals surface area (Å²) in [6.07, 6.45) is 6.06. The van der Waals surface area contributed by atoms with Gasteiger partial charge in [-0.3, -0.25) is 4.79 Å². The number of nitrogens with one attached hydrogen (secondary N) is 1. The number of hydrogen-bond donors (Lipinski definition) is 2. The average Bonchev–Trinajstić information content (AvgIpc) is 3.34. The Kier molecular flexibility index (Phi) is 4.06. The highest BCUT2D eigenvalue weighted by Crippen LogP contribution is 2.44. The average molecular weight is 308 g/mol. The summed E-state index contributed by atoms with van der Waals surface area (Å²) in [5.41, 5.74) is 5.95. The normalized spacial score (nSPS) is 18.0. The number of nitrogens with two attached hydrogens (primary N) is 1. The van der Waals surface area contributed by atoms with Crippen LogP contribution in [0, 0.1) is 11.8 Å². The van der Waals surface area contributed by atoms with E-state index in [0.29, 0.717) is 28.6 Å². The van der Waals surface area contributed by atoms with Crippen molar-refractivity contribution in [3.63, 3.8) is 0 Å². The van der Waals surface area contributed by atoms with Gasteiger partial charge < -0.3 is 16.0 Å². The fourth-order valence-corrected chi connectivity index (χ4v) is 3.70. The zero-order valence-corrected chi connectivity index (χ0v) is 13.6. The number of aromatic nitrogens is 1. The fourth-order valence-electron chi connectivity index (χ4n) is 2.83. The summed E-state index contributed by atoms with van der Waals surface area (Å²) < 4.78 is 0. The van der Waals surface area contributed by atoms with Crippen molar-refractivity contribution in [3.05, 3.63) is 4.88 Å². The highest BCUT2D eigenvalue weighted by atomic mass is 32.1. The minimum atomic E-state index is -0.0371. The van der Waals surface area contributed by atoms with Crippen LogP contribution in [-0.2, 0) is 0 Å². The number of anilines is 2. The highest BCUT2D eigenvalue weighted by molar-refractivity contribution is 7.18. The van der Waals surface area contributed by atoms with E-state index in [4.69, 9.17) is 5.73 Å². The van der Waals surface area contributed by atoms with Gasteiger partial charge in [-0.1, -0.05) is 18.3 Å². The molecule has 3 N–H and O–H groups in total. The summed E-state index contributed by atoms with van der Waals surface area (Å²) in [5.74, 6) is 1.71. The van der Waals surface area contributed by atoms with E-state index in [-0.39, 0.29) is 5.91 Å². The van der Waals surface area contributed by atoms with Gasteiger partial charge in [0, 0.05) is 19.6 Å². The van der Waals surface area contributed by atoms with E-state index < -0.39 is 0 Å². The van der Waals surface area contributed by atoms with Gasteiger partial charge in [0.1, 0.15) is 10.7 Å². The number of thiazole rings is 1. The maximum absolute atomic E-state index is 12.5. The third-order valence-corrected chi connectivity index (χ3v) is 5.48. The fraction of sp³-hybridized carbons (Fsp3) is 0.733. The van der Waals surface area contributed by atoms with Gasteiger partial charge in [0.2, 0.25) is 0 Å². The van der Waals surface area contributed by atoms with E-state index >= 15 is 0 Å². The minimum Gasteiger partial charge on any atom is -0.382 e. The van der Waals surface area contributed by atoms with Crippen LogP contribution in [-0.4, -0.2) is 30.5 Å². The summed E-state index contributed by atoms with van der Waals surface area (Å²) in [6.45, 7) is 3.04. The second kappa shape index (κ2) is 5.83. The number of hydrogen-bond acceptors (Lipinski definition) is 5. The van der Waals surface area contributed by atoms with Crippen LogP contribution in [0.5, 0.6) is 0 Å². The molecule has 0 aromatic carbocycles. The zero-order chi connectivity index (χ0) is 15.0. The summed E-state index contributed by atoms with van der Waals surface area (Å²) in [7, 11) is 1.99. The van der Waals surface area contributed by atoms with Gasteiger partial charge in [-0.25, -0.2) is 4.98 Å². The Hall–Kier alpha value is -1.30. The molecule has 0 spiro atoms. The van der Waals surface area contributed by atoms with Crippen molar-refractivity contribution < 1.29 is 4.79 Å². The molecule has 1 amide bonds. The first-order chi connectivity index (χ1) is 10.1. The molecule has 0 saturated heterocycles. The molecule has 0 radical (unpaired) electrons. The smallest absolute Gasteiger partial charge is 0.265 e. The monoisotopic (exact) mass is 308 g/mol. The molecule has 116 valence electrons. The van der Waals surface area contributed by atoms with Crippen LogP contribution in [0.4, 0.5) is 10.9 Å². The van der Waals surface area contributed by atoms with Crippen LogP contribution < -0.4 is 16.0 Å². The van der Waals surface area contributed by atoms with Gasteiger partial charge in [0.15, 0.2) is 5.13 Å². The highest BCUT2D eigenvalue weighted by Gasteiger charge is 2.42. The van der Waals surface area contributed by atoms with Gasteiger partial charge >= 0.3 is 0 Å². The molecule has 2 fully saturated rings. The molecule has 2 saturated carbocycles. The number of rotatable bonds is 7. The number of amides is 1. The lowest BCUT2D eigenvalue weighted by Crippen LogP contribution is -2.38. The minimum absolute atomic E-state index is 0.0371. The standard InChI is InChI=1S/C15H24N4OS/c1-3-8-19(2)15-18-13(16)12(21-15)14(20)17-11(9-4-5-9)10-6-7-10/h9-11H,3-8,16H2,1-2H3,(H,17,20). The Labute approximate surface area is 129 Å². The maximum Gasteiger partial charge on any atom is 0.265 e. The van der Waals surface area contributed by atoms with Crippen LogP contribution in [0.25, 0.3) is 0 Å². The molecule has 0 unspecified atom stereocenters. The van der Waals surface area contributed by atoms with Crippen molar-refractivity contribution >= 4 is 28.2 Å². The summed E-state index contributed by atoms with van der Waals surface area (Å²) in [4.78, 5) is 19.5. The van der Waals surface area contributed by atoms with Gasteiger partial charge in [-0.05, 0) is 43.9 Å². The van der Waals surface area contributed by atoms with E-state index in [0.717, 1.165) is 18.1 Å². The molecule has 3 rings (SSSR count). The molecule has 5 nitrogen and oxygen atoms in total. The van der Waals surface area contributed by atoms with E-state index in [1.165, 1.54) is 37.0 Å². The van der Waals surface area contributed by atoms with E-state index in [2.05, 4.69) is 22.1 Å². The molecule has 1 heterocycles. The molecule has 2 aliphatic rings. The van der Waals surface area contributed by atoms with Crippen molar-refractivity contribution in [2.24, 2.45) is 11.8 Å². The molecule has 21 heavy (non-hydrogen) atoms. The Morgan fingerprint density at radius 2 is 2.05 bits per heavy atom. The first kappa shape index (κ1) is 14.6. The van der Waals surface area contributed by atoms with Crippen molar-refractivity contribution in [3.8, 4) is 0 Å². The van der Waals surface area contributed by atoms with Gasteiger partial charge in [-0.2, -0.15) is 0 Å². The Morgan fingerprint density at radius 3 is 2.57 bits per heavy atom. The number of carbonyl (C=O) groups excluding carboxylic acids is 1. The van der Waals surface area contributed by atoms with Gasteiger partial charge in [0.25, 0.3) is 5.91 Å². The lowest BCUT2D eigenvalue weighted by molar-refractivity contribution is 0.0931.